The van der Waals surface area contributed by atoms with Crippen LogP contribution < -0.4 is 0 Å². The molecule has 126 valence electrons. The molecule has 0 saturated heterocycles. The van der Waals surface area contributed by atoms with Crippen LogP contribution in [-0.2, 0) is 0 Å². The van der Waals surface area contributed by atoms with Crippen molar-refractivity contribution in [2.45, 2.75) is 6.42 Å². The summed E-state index contributed by atoms with van der Waals surface area (Å²) in [6.07, 6.45) is 5.63. The van der Waals surface area contributed by atoms with Gasteiger partial charge in [-0.2, -0.15) is 0 Å². The zero-order chi connectivity index (χ0) is 17.9. The van der Waals surface area contributed by atoms with E-state index in [4.69, 9.17) is 0 Å². The monoisotopic (exact) mass is 359 g/mol. The van der Waals surface area contributed by atoms with E-state index in [0.717, 1.165) is 15.4 Å². The molecule has 2 aromatic heterocycles. The molecule has 3 heterocycles. The fraction of sp³-hybridized carbons (Fsp3) is 0.100. The molecule has 0 aliphatic carbocycles. The van der Waals surface area contributed by atoms with Crippen molar-refractivity contribution in [3.05, 3.63) is 71.0 Å². The van der Waals surface area contributed by atoms with Gasteiger partial charge in [0.25, 0.3) is 11.8 Å². The second-order valence-electron chi connectivity index (χ2n) is 5.63. The number of nitrogens with zero attached hydrogens (tertiary/aromatic N) is 3. The van der Waals surface area contributed by atoms with E-state index in [1.165, 1.54) is 16.2 Å². The Bertz CT molecular complexity index is 1010. The predicted octanol–water partition coefficient (Wildman–Crippen LogP) is 3.24. The normalized spacial score (nSPS) is 12.7. The third kappa shape index (κ3) is 3.01. The lowest BCUT2D eigenvalue weighted by Gasteiger charge is -2.10. The molecule has 3 aromatic rings. The average molecular weight is 359 g/mol. The number of hydrogen-bond acceptors (Lipinski definition) is 5. The topological polar surface area (TPSA) is 63.2 Å². The van der Waals surface area contributed by atoms with Crippen LogP contribution in [0.3, 0.4) is 0 Å². The van der Waals surface area contributed by atoms with Crippen molar-refractivity contribution in [3.63, 3.8) is 0 Å². The van der Waals surface area contributed by atoms with Crippen LogP contribution in [0.2, 0.25) is 0 Å². The fourth-order valence-electron chi connectivity index (χ4n) is 2.71. The van der Waals surface area contributed by atoms with Gasteiger partial charge in [0.2, 0.25) is 0 Å². The Labute approximate surface area is 154 Å². The van der Waals surface area contributed by atoms with Crippen molar-refractivity contribution >= 4 is 23.2 Å². The van der Waals surface area contributed by atoms with Gasteiger partial charge in [-0.1, -0.05) is 24.0 Å². The van der Waals surface area contributed by atoms with E-state index >= 15 is 0 Å². The summed E-state index contributed by atoms with van der Waals surface area (Å²) >= 11 is 1.49. The fourth-order valence-corrected chi connectivity index (χ4v) is 3.50. The van der Waals surface area contributed by atoms with Gasteiger partial charge in [0.05, 0.1) is 22.2 Å². The average Bonchev–Trinajstić information content (AvgIpc) is 3.25. The first-order valence-corrected chi connectivity index (χ1v) is 8.86. The molecule has 5 nitrogen and oxygen atoms in total. The van der Waals surface area contributed by atoms with Gasteiger partial charge in [0, 0.05) is 30.9 Å². The molecular formula is C20H13N3O2S. The molecule has 1 aromatic carbocycles. The zero-order valence-electron chi connectivity index (χ0n) is 13.7. The number of benzene rings is 1. The summed E-state index contributed by atoms with van der Waals surface area (Å²) in [6.45, 7) is 0.285. The first kappa shape index (κ1) is 16.2. The molecule has 0 fully saturated rings. The van der Waals surface area contributed by atoms with Crippen molar-refractivity contribution in [3.8, 4) is 22.4 Å². The molecule has 4 rings (SSSR count). The largest absolute Gasteiger partial charge is 0.273 e. The summed E-state index contributed by atoms with van der Waals surface area (Å²) in [5.74, 6) is 5.57. The number of aromatic nitrogens is 2. The molecule has 0 saturated carbocycles. The van der Waals surface area contributed by atoms with Gasteiger partial charge >= 0.3 is 0 Å². The Morgan fingerprint density at radius 2 is 1.77 bits per heavy atom. The highest BCUT2D eigenvalue weighted by atomic mass is 32.1. The van der Waals surface area contributed by atoms with E-state index in [2.05, 4.69) is 21.8 Å². The smallest absolute Gasteiger partial charge is 0.261 e. The van der Waals surface area contributed by atoms with Gasteiger partial charge in [-0.25, -0.2) is 4.98 Å². The van der Waals surface area contributed by atoms with Gasteiger partial charge in [0.1, 0.15) is 5.01 Å². The van der Waals surface area contributed by atoms with Gasteiger partial charge < -0.3 is 0 Å². The summed E-state index contributed by atoms with van der Waals surface area (Å²) in [5.41, 5.74) is 1.89. The summed E-state index contributed by atoms with van der Waals surface area (Å²) < 4.78 is 0. The maximum Gasteiger partial charge on any atom is 0.261 e. The minimum atomic E-state index is -0.246. The van der Waals surface area contributed by atoms with Gasteiger partial charge in [-0.05, 0) is 24.3 Å². The van der Waals surface area contributed by atoms with Crippen molar-refractivity contribution < 1.29 is 9.59 Å². The third-order valence-corrected chi connectivity index (χ3v) is 4.93. The lowest BCUT2D eigenvalue weighted by molar-refractivity contribution is 0.0658. The predicted molar refractivity (Wildman–Crippen MR) is 98.6 cm³/mol. The standard InChI is InChI=1S/C20H13N3O2S/c24-19-16-8-1-2-9-17(16)20(25)23(19)11-4-3-7-15-13-22-18(26-15)14-6-5-10-21-12-14/h1-2,5-6,8-10,12-13H,4,11H2. The van der Waals surface area contributed by atoms with Crippen molar-refractivity contribution in [2.75, 3.05) is 6.54 Å². The van der Waals surface area contributed by atoms with Crippen molar-refractivity contribution in [2.24, 2.45) is 0 Å². The number of carbonyl (C=O) groups excluding carboxylic acids is 2. The summed E-state index contributed by atoms with van der Waals surface area (Å²) in [6, 6.07) is 10.7. The summed E-state index contributed by atoms with van der Waals surface area (Å²) in [5, 5.41) is 0.864. The third-order valence-electron chi connectivity index (χ3n) is 3.96. The zero-order valence-corrected chi connectivity index (χ0v) is 14.5. The molecule has 0 atom stereocenters. The molecular weight excluding hydrogens is 346 g/mol. The molecule has 1 aliphatic heterocycles. The molecule has 2 amide bonds. The van der Waals surface area contributed by atoms with Crippen molar-refractivity contribution in [1.29, 1.82) is 0 Å². The summed E-state index contributed by atoms with van der Waals surface area (Å²) in [7, 11) is 0. The Kier molecular flexibility index (Phi) is 4.30. The van der Waals surface area contributed by atoms with E-state index in [1.54, 1.807) is 42.9 Å². The molecule has 6 heteroatoms. The van der Waals surface area contributed by atoms with Crippen LogP contribution in [0, 0.1) is 11.8 Å². The van der Waals surface area contributed by atoms with E-state index in [9.17, 15) is 9.59 Å². The number of pyridine rings is 1. The summed E-state index contributed by atoms with van der Waals surface area (Å²) in [4.78, 5) is 35.1. The van der Waals surface area contributed by atoms with E-state index in [0.29, 0.717) is 17.5 Å². The molecule has 0 N–H and O–H groups in total. The molecule has 0 bridgehead atoms. The van der Waals surface area contributed by atoms with Crippen LogP contribution in [0.25, 0.3) is 10.6 Å². The molecule has 1 aliphatic rings. The highest BCUT2D eigenvalue weighted by molar-refractivity contribution is 7.15. The van der Waals surface area contributed by atoms with Crippen LogP contribution >= 0.6 is 11.3 Å². The molecule has 0 spiro atoms. The number of fused-ring (bicyclic) bond motifs is 1. The Hall–Kier alpha value is -3.30. The van der Waals surface area contributed by atoms with Crippen LogP contribution in [0.4, 0.5) is 0 Å². The number of thiazole rings is 1. The highest BCUT2D eigenvalue weighted by Gasteiger charge is 2.34. The van der Waals surface area contributed by atoms with E-state index < -0.39 is 0 Å². The molecule has 0 unspecified atom stereocenters. The van der Waals surface area contributed by atoms with Gasteiger partial charge in [-0.3, -0.25) is 19.5 Å². The second kappa shape index (κ2) is 6.90. The van der Waals surface area contributed by atoms with Gasteiger partial charge in [0.15, 0.2) is 0 Å². The molecule has 26 heavy (non-hydrogen) atoms. The minimum absolute atomic E-state index is 0.246. The first-order valence-electron chi connectivity index (χ1n) is 8.04. The maximum atomic E-state index is 12.3. The van der Waals surface area contributed by atoms with Crippen LogP contribution in [0.5, 0.6) is 0 Å². The number of rotatable bonds is 3. The van der Waals surface area contributed by atoms with E-state index in [1.807, 2.05) is 12.1 Å². The Morgan fingerprint density at radius 1 is 1.00 bits per heavy atom. The van der Waals surface area contributed by atoms with Crippen LogP contribution in [0.15, 0.2) is 55.0 Å². The lowest BCUT2D eigenvalue weighted by atomic mass is 10.1. The lowest BCUT2D eigenvalue weighted by Crippen LogP contribution is -2.30. The number of imide groups is 1. The highest BCUT2D eigenvalue weighted by Crippen LogP contribution is 2.24. The van der Waals surface area contributed by atoms with Crippen molar-refractivity contribution in [1.82, 2.24) is 14.9 Å². The molecule has 0 radical (unpaired) electrons. The number of hydrogen-bond donors (Lipinski definition) is 0. The van der Waals surface area contributed by atoms with Gasteiger partial charge in [-0.15, -0.1) is 11.3 Å². The first-order chi connectivity index (χ1) is 12.7. The minimum Gasteiger partial charge on any atom is -0.273 e. The second-order valence-corrected chi connectivity index (χ2v) is 6.66. The van der Waals surface area contributed by atoms with Crippen LogP contribution in [0.1, 0.15) is 32.0 Å². The number of amides is 2. The quantitative estimate of drug-likeness (QED) is 0.532. The van der Waals surface area contributed by atoms with E-state index in [-0.39, 0.29) is 18.4 Å². The maximum absolute atomic E-state index is 12.3. The van der Waals surface area contributed by atoms with Crippen LogP contribution in [-0.4, -0.2) is 33.2 Å². The Balaban J connectivity index is 1.40. The number of carbonyl (C=O) groups is 2. The SMILES string of the molecule is O=C1c2ccccc2C(=O)N1CCC#Cc1cnc(-c2cccnc2)s1. The Morgan fingerprint density at radius 3 is 2.46 bits per heavy atom.